The number of para-hydroxylation sites is 1. The van der Waals surface area contributed by atoms with E-state index in [-0.39, 0.29) is 0 Å². The Morgan fingerprint density at radius 3 is 2.75 bits per heavy atom. The lowest BCUT2D eigenvalue weighted by Gasteiger charge is -2.39. The van der Waals surface area contributed by atoms with Gasteiger partial charge in [0.05, 0.1) is 0 Å². The highest BCUT2D eigenvalue weighted by atomic mass is 15.2. The van der Waals surface area contributed by atoms with Crippen LogP contribution in [0.25, 0.3) is 16.5 Å². The van der Waals surface area contributed by atoms with Crippen LogP contribution in [0.2, 0.25) is 0 Å². The molecule has 0 atom stereocenters. The Labute approximate surface area is 119 Å². The Morgan fingerprint density at radius 1 is 1.20 bits per heavy atom. The van der Waals surface area contributed by atoms with Gasteiger partial charge in [0.1, 0.15) is 0 Å². The number of hydrogen-bond donors (Lipinski definition) is 1. The first-order valence-electron chi connectivity index (χ1n) is 7.51. The predicted molar refractivity (Wildman–Crippen MR) is 83.7 cm³/mol. The highest BCUT2D eigenvalue weighted by molar-refractivity contribution is 5.93. The fourth-order valence-electron chi connectivity index (χ4n) is 3.39. The number of aromatic nitrogens is 1. The summed E-state index contributed by atoms with van der Waals surface area (Å²) in [5.41, 5.74) is 4.27. The van der Waals surface area contributed by atoms with E-state index in [0.29, 0.717) is 0 Å². The van der Waals surface area contributed by atoms with Gasteiger partial charge in [0.15, 0.2) is 0 Å². The van der Waals surface area contributed by atoms with Gasteiger partial charge in [0, 0.05) is 61.9 Å². The van der Waals surface area contributed by atoms with Crippen molar-refractivity contribution in [1.29, 1.82) is 0 Å². The number of fused-ring (bicyclic) bond motifs is 1. The summed E-state index contributed by atoms with van der Waals surface area (Å²) in [4.78, 5) is 2.60. The lowest BCUT2D eigenvalue weighted by molar-refractivity contribution is 0.160. The van der Waals surface area contributed by atoms with Crippen molar-refractivity contribution in [3.05, 3.63) is 42.1 Å². The fraction of sp³-hybridized carbons (Fsp3) is 0.412. The standard InChI is InChI=1S/C17H21N3/c1-19-12-16(15-4-2-3-5-17(15)19)13-6-8-20(9-7-13)14-10-18-11-14/h2-6,12,14,18H,7-11H2,1H3. The molecule has 104 valence electrons. The zero-order valence-electron chi connectivity index (χ0n) is 12.0. The summed E-state index contributed by atoms with van der Waals surface area (Å²) in [6.45, 7) is 4.63. The van der Waals surface area contributed by atoms with Crippen LogP contribution in [0.5, 0.6) is 0 Å². The average Bonchev–Trinajstić information content (AvgIpc) is 2.76. The van der Waals surface area contributed by atoms with E-state index < -0.39 is 0 Å². The van der Waals surface area contributed by atoms with Gasteiger partial charge in [-0.25, -0.2) is 0 Å². The number of benzene rings is 1. The van der Waals surface area contributed by atoms with Gasteiger partial charge in [-0.2, -0.15) is 0 Å². The molecule has 3 heterocycles. The van der Waals surface area contributed by atoms with Crippen molar-refractivity contribution in [2.24, 2.45) is 7.05 Å². The first-order chi connectivity index (χ1) is 9.83. The van der Waals surface area contributed by atoms with Gasteiger partial charge in [-0.3, -0.25) is 4.90 Å². The first kappa shape index (κ1) is 12.2. The molecule has 1 N–H and O–H groups in total. The maximum atomic E-state index is 3.36. The van der Waals surface area contributed by atoms with E-state index in [1.807, 2.05) is 0 Å². The van der Waals surface area contributed by atoms with Gasteiger partial charge in [-0.05, 0) is 18.1 Å². The Kier molecular flexibility index (Phi) is 2.90. The highest BCUT2D eigenvalue weighted by Crippen LogP contribution is 2.30. The molecule has 0 amide bonds. The minimum absolute atomic E-state index is 0.764. The molecule has 1 fully saturated rings. The molecule has 0 bridgehead atoms. The minimum atomic E-state index is 0.764. The van der Waals surface area contributed by atoms with Crippen molar-refractivity contribution in [1.82, 2.24) is 14.8 Å². The van der Waals surface area contributed by atoms with Crippen molar-refractivity contribution < 1.29 is 0 Å². The van der Waals surface area contributed by atoms with Crippen molar-refractivity contribution in [2.45, 2.75) is 12.5 Å². The summed E-state index contributed by atoms with van der Waals surface area (Å²) in [6.07, 6.45) is 5.89. The van der Waals surface area contributed by atoms with Crippen molar-refractivity contribution >= 4 is 16.5 Å². The molecular weight excluding hydrogens is 246 g/mol. The molecule has 0 spiro atoms. The first-order valence-corrected chi connectivity index (χ1v) is 7.51. The number of aryl methyl sites for hydroxylation is 1. The molecule has 0 unspecified atom stereocenters. The molecule has 3 nitrogen and oxygen atoms in total. The SMILES string of the molecule is Cn1cc(C2=CCN(C3CNC3)CC2)c2ccccc21. The zero-order valence-corrected chi connectivity index (χ0v) is 12.0. The van der Waals surface area contributed by atoms with Crippen LogP contribution in [0.3, 0.4) is 0 Å². The molecule has 2 aliphatic heterocycles. The minimum Gasteiger partial charge on any atom is -0.350 e. The molecule has 1 aromatic carbocycles. The van der Waals surface area contributed by atoms with Gasteiger partial charge in [-0.1, -0.05) is 24.3 Å². The van der Waals surface area contributed by atoms with Crippen LogP contribution in [0.15, 0.2) is 36.5 Å². The molecule has 0 radical (unpaired) electrons. The Morgan fingerprint density at radius 2 is 2.05 bits per heavy atom. The second-order valence-corrected chi connectivity index (χ2v) is 5.96. The van der Waals surface area contributed by atoms with Crippen LogP contribution < -0.4 is 5.32 Å². The summed E-state index contributed by atoms with van der Waals surface area (Å²) < 4.78 is 2.24. The van der Waals surface area contributed by atoms with Crippen LogP contribution in [-0.2, 0) is 7.05 Å². The number of hydrogen-bond acceptors (Lipinski definition) is 2. The maximum absolute atomic E-state index is 3.36. The average molecular weight is 267 g/mol. The summed E-state index contributed by atoms with van der Waals surface area (Å²) in [5.74, 6) is 0. The fourth-order valence-corrected chi connectivity index (χ4v) is 3.39. The van der Waals surface area contributed by atoms with Gasteiger partial charge in [0.25, 0.3) is 0 Å². The smallest absolute Gasteiger partial charge is 0.0484 e. The van der Waals surface area contributed by atoms with Gasteiger partial charge in [0.2, 0.25) is 0 Å². The van der Waals surface area contributed by atoms with Crippen LogP contribution >= 0.6 is 0 Å². The van der Waals surface area contributed by atoms with Crippen LogP contribution in [0.1, 0.15) is 12.0 Å². The molecule has 2 aromatic rings. The quantitative estimate of drug-likeness (QED) is 0.900. The third-order valence-electron chi connectivity index (χ3n) is 4.76. The third-order valence-corrected chi connectivity index (χ3v) is 4.76. The lowest BCUT2D eigenvalue weighted by atomic mass is 9.97. The van der Waals surface area contributed by atoms with E-state index >= 15 is 0 Å². The van der Waals surface area contributed by atoms with E-state index in [4.69, 9.17) is 0 Å². The normalized spacial score (nSPS) is 20.9. The molecular formula is C17H21N3. The van der Waals surface area contributed by atoms with Gasteiger partial charge >= 0.3 is 0 Å². The number of rotatable bonds is 2. The summed E-state index contributed by atoms with van der Waals surface area (Å²) in [5, 5.41) is 4.75. The lowest BCUT2D eigenvalue weighted by Crippen LogP contribution is -2.57. The molecule has 0 saturated carbocycles. The summed E-state index contributed by atoms with van der Waals surface area (Å²) in [6, 6.07) is 9.47. The predicted octanol–water partition coefficient (Wildman–Crippen LogP) is 2.24. The highest BCUT2D eigenvalue weighted by Gasteiger charge is 2.26. The molecule has 0 aliphatic carbocycles. The second-order valence-electron chi connectivity index (χ2n) is 5.96. The Hall–Kier alpha value is -1.58. The van der Waals surface area contributed by atoms with Crippen LogP contribution in [-0.4, -0.2) is 41.7 Å². The number of nitrogens with one attached hydrogen (secondary N) is 1. The Balaban J connectivity index is 1.65. The van der Waals surface area contributed by atoms with E-state index in [1.54, 1.807) is 0 Å². The molecule has 1 saturated heterocycles. The zero-order chi connectivity index (χ0) is 13.5. The second kappa shape index (κ2) is 4.76. The van der Waals surface area contributed by atoms with E-state index in [1.165, 1.54) is 35.0 Å². The number of nitrogens with zero attached hydrogens (tertiary/aromatic N) is 2. The van der Waals surface area contributed by atoms with Gasteiger partial charge in [-0.15, -0.1) is 0 Å². The van der Waals surface area contributed by atoms with E-state index in [2.05, 4.69) is 58.4 Å². The maximum Gasteiger partial charge on any atom is 0.0484 e. The van der Waals surface area contributed by atoms with Gasteiger partial charge < -0.3 is 9.88 Å². The monoisotopic (exact) mass is 267 g/mol. The van der Waals surface area contributed by atoms with Crippen molar-refractivity contribution in [3.8, 4) is 0 Å². The summed E-state index contributed by atoms with van der Waals surface area (Å²) in [7, 11) is 2.14. The largest absolute Gasteiger partial charge is 0.350 e. The topological polar surface area (TPSA) is 20.2 Å². The molecule has 3 heteroatoms. The molecule has 4 rings (SSSR count). The van der Waals surface area contributed by atoms with Crippen LogP contribution in [0, 0.1) is 0 Å². The summed E-state index contributed by atoms with van der Waals surface area (Å²) >= 11 is 0. The molecule has 1 aromatic heterocycles. The molecule has 20 heavy (non-hydrogen) atoms. The molecule has 2 aliphatic rings. The Bertz CT molecular complexity index is 664. The van der Waals surface area contributed by atoms with Crippen molar-refractivity contribution in [3.63, 3.8) is 0 Å². The van der Waals surface area contributed by atoms with E-state index in [9.17, 15) is 0 Å². The van der Waals surface area contributed by atoms with Crippen LogP contribution in [0.4, 0.5) is 0 Å². The van der Waals surface area contributed by atoms with Crippen molar-refractivity contribution in [2.75, 3.05) is 26.2 Å². The third kappa shape index (κ3) is 1.89. The van der Waals surface area contributed by atoms with E-state index in [0.717, 1.165) is 25.7 Å².